The molecule has 0 radical (unpaired) electrons. The van der Waals surface area contributed by atoms with Crippen LogP contribution in [0.4, 0.5) is 0 Å². The average Bonchev–Trinajstić information content (AvgIpc) is 2.54. The van der Waals surface area contributed by atoms with Gasteiger partial charge in [-0.15, -0.1) is 0 Å². The van der Waals surface area contributed by atoms with Crippen LogP contribution in [0.1, 0.15) is 32.1 Å². The van der Waals surface area contributed by atoms with Gasteiger partial charge in [0.2, 0.25) is 0 Å². The predicted molar refractivity (Wildman–Crippen MR) is 80.6 cm³/mol. The highest BCUT2D eigenvalue weighted by molar-refractivity contribution is 5.88. The zero-order valence-corrected chi connectivity index (χ0v) is 11.6. The van der Waals surface area contributed by atoms with Gasteiger partial charge in [-0.05, 0) is 24.3 Å². The van der Waals surface area contributed by atoms with Crippen LogP contribution in [0.25, 0.3) is 10.8 Å². The Morgan fingerprint density at radius 3 is 2.55 bits per heavy atom. The van der Waals surface area contributed by atoms with Gasteiger partial charge in [-0.1, -0.05) is 55.7 Å². The smallest absolute Gasteiger partial charge is 0.127 e. The molecule has 2 aromatic carbocycles. The summed E-state index contributed by atoms with van der Waals surface area (Å²) >= 11 is 0. The van der Waals surface area contributed by atoms with E-state index in [-0.39, 0.29) is 5.41 Å². The van der Waals surface area contributed by atoms with E-state index in [1.54, 1.807) is 0 Å². The van der Waals surface area contributed by atoms with Gasteiger partial charge < -0.3 is 4.74 Å². The fourth-order valence-corrected chi connectivity index (χ4v) is 3.05. The van der Waals surface area contributed by atoms with Crippen molar-refractivity contribution in [3.63, 3.8) is 0 Å². The highest BCUT2D eigenvalue weighted by Gasteiger charge is 2.33. The summed E-state index contributed by atoms with van der Waals surface area (Å²) in [5.41, 5.74) is -0.283. The second-order valence-corrected chi connectivity index (χ2v) is 5.72. The van der Waals surface area contributed by atoms with Gasteiger partial charge in [-0.25, -0.2) is 0 Å². The fraction of sp³-hybridized carbons (Fsp3) is 0.389. The van der Waals surface area contributed by atoms with E-state index in [1.165, 1.54) is 11.8 Å². The van der Waals surface area contributed by atoms with Crippen molar-refractivity contribution in [2.24, 2.45) is 5.41 Å². The number of nitrogens with zero attached hydrogens (tertiary/aromatic N) is 1. The first-order valence-electron chi connectivity index (χ1n) is 7.35. The van der Waals surface area contributed by atoms with Crippen molar-refractivity contribution in [2.45, 2.75) is 32.1 Å². The molecule has 2 nitrogen and oxygen atoms in total. The fourth-order valence-electron chi connectivity index (χ4n) is 3.05. The Bertz CT molecular complexity index is 630. The van der Waals surface area contributed by atoms with Gasteiger partial charge in [-0.2, -0.15) is 5.26 Å². The highest BCUT2D eigenvalue weighted by Crippen LogP contribution is 2.37. The van der Waals surface area contributed by atoms with E-state index in [9.17, 15) is 5.26 Å². The van der Waals surface area contributed by atoms with Crippen molar-refractivity contribution in [1.29, 1.82) is 5.26 Å². The minimum Gasteiger partial charge on any atom is -0.491 e. The van der Waals surface area contributed by atoms with E-state index < -0.39 is 0 Å². The van der Waals surface area contributed by atoms with E-state index in [4.69, 9.17) is 4.74 Å². The maximum atomic E-state index is 9.50. The van der Waals surface area contributed by atoms with Gasteiger partial charge in [0.15, 0.2) is 0 Å². The van der Waals surface area contributed by atoms with E-state index in [1.807, 2.05) is 24.3 Å². The van der Waals surface area contributed by atoms with Gasteiger partial charge in [0.1, 0.15) is 12.4 Å². The Balaban J connectivity index is 1.81. The third-order valence-corrected chi connectivity index (χ3v) is 4.30. The van der Waals surface area contributed by atoms with Crippen molar-refractivity contribution in [2.75, 3.05) is 6.61 Å². The summed E-state index contributed by atoms with van der Waals surface area (Å²) < 4.78 is 6.03. The summed E-state index contributed by atoms with van der Waals surface area (Å²) in [6.45, 7) is 0.511. The predicted octanol–water partition coefficient (Wildman–Crippen LogP) is 4.69. The lowest BCUT2D eigenvalue weighted by Crippen LogP contribution is -2.29. The normalized spacial score (nSPS) is 17.6. The quantitative estimate of drug-likeness (QED) is 0.806. The molecule has 2 heteroatoms. The molecule has 1 saturated carbocycles. The Morgan fingerprint density at radius 2 is 1.75 bits per heavy atom. The van der Waals surface area contributed by atoms with Crippen LogP contribution in [0.2, 0.25) is 0 Å². The Kier molecular flexibility index (Phi) is 3.60. The van der Waals surface area contributed by atoms with Gasteiger partial charge in [0.05, 0.1) is 11.5 Å². The standard InChI is InChI=1S/C18H19NO/c19-13-18(11-4-1-5-12-18)14-20-17-10-6-8-15-7-2-3-9-16(15)17/h2-3,6-10H,1,4-5,11-12,14H2. The summed E-state index contributed by atoms with van der Waals surface area (Å²) in [4.78, 5) is 0. The zero-order valence-electron chi connectivity index (χ0n) is 11.6. The molecule has 0 amide bonds. The molecule has 1 aliphatic carbocycles. The first-order chi connectivity index (χ1) is 9.83. The molecule has 1 aliphatic rings. The van der Waals surface area contributed by atoms with Crippen LogP contribution < -0.4 is 4.74 Å². The Hall–Kier alpha value is -2.01. The first-order valence-corrected chi connectivity index (χ1v) is 7.35. The van der Waals surface area contributed by atoms with Crippen LogP contribution >= 0.6 is 0 Å². The summed E-state index contributed by atoms with van der Waals surface area (Å²) in [6.07, 6.45) is 5.47. The Labute approximate surface area is 120 Å². The van der Waals surface area contributed by atoms with Gasteiger partial charge in [0.25, 0.3) is 0 Å². The second-order valence-electron chi connectivity index (χ2n) is 5.72. The molecule has 0 spiro atoms. The van der Waals surface area contributed by atoms with Crippen molar-refractivity contribution in [3.8, 4) is 11.8 Å². The molecular weight excluding hydrogens is 246 g/mol. The summed E-state index contributed by atoms with van der Waals surface area (Å²) in [6, 6.07) is 16.8. The maximum absolute atomic E-state index is 9.50. The number of ether oxygens (including phenoxy) is 1. The molecule has 0 saturated heterocycles. The summed E-state index contributed by atoms with van der Waals surface area (Å²) in [5, 5.41) is 11.8. The minimum absolute atomic E-state index is 0.283. The van der Waals surface area contributed by atoms with Crippen molar-refractivity contribution < 1.29 is 4.74 Å². The molecule has 0 bridgehead atoms. The number of fused-ring (bicyclic) bond motifs is 1. The highest BCUT2D eigenvalue weighted by atomic mass is 16.5. The van der Waals surface area contributed by atoms with E-state index in [0.29, 0.717) is 6.61 Å². The zero-order chi connectivity index (χ0) is 13.8. The largest absolute Gasteiger partial charge is 0.491 e. The van der Waals surface area contributed by atoms with Crippen LogP contribution in [0, 0.1) is 16.7 Å². The number of hydrogen-bond donors (Lipinski definition) is 0. The third kappa shape index (κ3) is 2.49. The number of benzene rings is 2. The SMILES string of the molecule is N#CC1(COc2cccc3ccccc23)CCCCC1. The topological polar surface area (TPSA) is 33.0 Å². The molecule has 0 heterocycles. The van der Waals surface area contributed by atoms with Gasteiger partial charge in [-0.3, -0.25) is 0 Å². The van der Waals surface area contributed by atoms with Crippen molar-refractivity contribution >= 4 is 10.8 Å². The molecule has 0 atom stereocenters. The molecule has 0 aliphatic heterocycles. The molecular formula is C18H19NO. The molecule has 0 N–H and O–H groups in total. The lowest BCUT2D eigenvalue weighted by atomic mass is 9.76. The van der Waals surface area contributed by atoms with Crippen LogP contribution in [0.15, 0.2) is 42.5 Å². The number of nitriles is 1. The first kappa shape index (κ1) is 13.0. The number of hydrogen-bond acceptors (Lipinski definition) is 2. The molecule has 2 aromatic rings. The third-order valence-electron chi connectivity index (χ3n) is 4.30. The average molecular weight is 265 g/mol. The van der Waals surface area contributed by atoms with E-state index in [0.717, 1.165) is 36.8 Å². The summed E-state index contributed by atoms with van der Waals surface area (Å²) in [7, 11) is 0. The van der Waals surface area contributed by atoms with Crippen molar-refractivity contribution in [1.82, 2.24) is 0 Å². The molecule has 3 rings (SSSR count). The lowest BCUT2D eigenvalue weighted by Gasteiger charge is -2.30. The van der Waals surface area contributed by atoms with E-state index in [2.05, 4.69) is 24.3 Å². The molecule has 102 valence electrons. The molecule has 0 unspecified atom stereocenters. The number of rotatable bonds is 3. The molecule has 1 fully saturated rings. The van der Waals surface area contributed by atoms with Crippen LogP contribution in [-0.2, 0) is 0 Å². The maximum Gasteiger partial charge on any atom is 0.127 e. The summed E-state index contributed by atoms with van der Waals surface area (Å²) in [5.74, 6) is 0.892. The molecule has 20 heavy (non-hydrogen) atoms. The molecule has 0 aromatic heterocycles. The monoisotopic (exact) mass is 265 g/mol. The van der Waals surface area contributed by atoms with Crippen LogP contribution in [0.3, 0.4) is 0 Å². The second kappa shape index (κ2) is 5.54. The Morgan fingerprint density at radius 1 is 1.00 bits per heavy atom. The van der Waals surface area contributed by atoms with Gasteiger partial charge in [0, 0.05) is 5.39 Å². The lowest BCUT2D eigenvalue weighted by molar-refractivity contribution is 0.152. The van der Waals surface area contributed by atoms with Crippen LogP contribution in [-0.4, -0.2) is 6.61 Å². The minimum atomic E-state index is -0.283. The van der Waals surface area contributed by atoms with Crippen LogP contribution in [0.5, 0.6) is 5.75 Å². The van der Waals surface area contributed by atoms with Gasteiger partial charge >= 0.3 is 0 Å². The van der Waals surface area contributed by atoms with E-state index >= 15 is 0 Å². The van der Waals surface area contributed by atoms with Crippen molar-refractivity contribution in [3.05, 3.63) is 42.5 Å².